The zero-order chi connectivity index (χ0) is 12.5. The predicted octanol–water partition coefficient (Wildman–Crippen LogP) is 0.468. The molecule has 0 bridgehead atoms. The summed E-state index contributed by atoms with van der Waals surface area (Å²) in [7, 11) is 0. The first-order valence-electron chi connectivity index (χ1n) is 5.56. The van der Waals surface area contributed by atoms with E-state index in [2.05, 4.69) is 10.3 Å². The molecule has 0 spiro atoms. The Labute approximate surface area is 104 Å². The van der Waals surface area contributed by atoms with Gasteiger partial charge in [0.05, 0.1) is 24.7 Å². The second-order valence-electron chi connectivity index (χ2n) is 4.76. The molecule has 3 N–H and O–H groups in total. The van der Waals surface area contributed by atoms with E-state index in [4.69, 9.17) is 10.5 Å². The fourth-order valence-corrected chi connectivity index (χ4v) is 2.55. The summed E-state index contributed by atoms with van der Waals surface area (Å²) in [6.45, 7) is 4.73. The van der Waals surface area contributed by atoms with E-state index >= 15 is 0 Å². The average Bonchev–Trinajstić information content (AvgIpc) is 2.85. The van der Waals surface area contributed by atoms with Crippen LogP contribution in [0.15, 0.2) is 11.6 Å². The quantitative estimate of drug-likeness (QED) is 0.823. The molecule has 0 aromatic carbocycles. The van der Waals surface area contributed by atoms with Gasteiger partial charge in [-0.15, -0.1) is 11.3 Å². The number of thiazole rings is 1. The highest BCUT2D eigenvalue weighted by Crippen LogP contribution is 2.23. The highest BCUT2D eigenvalue weighted by molar-refractivity contribution is 7.09. The minimum Gasteiger partial charge on any atom is -0.379 e. The Kier molecular flexibility index (Phi) is 3.46. The van der Waals surface area contributed by atoms with Gasteiger partial charge in [-0.25, -0.2) is 4.98 Å². The molecule has 5 nitrogen and oxygen atoms in total. The maximum atomic E-state index is 12.1. The van der Waals surface area contributed by atoms with Crippen LogP contribution in [0.5, 0.6) is 0 Å². The lowest BCUT2D eigenvalue weighted by Gasteiger charge is -2.26. The number of carbonyl (C=O) groups excluding carboxylic acids is 1. The first-order valence-corrected chi connectivity index (χ1v) is 6.44. The highest BCUT2D eigenvalue weighted by Gasteiger charge is 2.35. The van der Waals surface area contributed by atoms with E-state index in [1.165, 1.54) is 11.3 Å². The van der Waals surface area contributed by atoms with E-state index in [9.17, 15) is 4.79 Å². The number of nitrogens with one attached hydrogen (secondary N) is 1. The summed E-state index contributed by atoms with van der Waals surface area (Å²) in [4.78, 5) is 16.3. The molecule has 1 aliphatic rings. The van der Waals surface area contributed by atoms with E-state index in [-0.39, 0.29) is 17.9 Å². The van der Waals surface area contributed by atoms with Crippen molar-refractivity contribution < 1.29 is 9.53 Å². The number of amides is 1. The number of hydrogen-bond acceptors (Lipinski definition) is 5. The van der Waals surface area contributed by atoms with Crippen molar-refractivity contribution in [2.75, 3.05) is 13.2 Å². The molecule has 1 fully saturated rings. The molecule has 0 saturated carbocycles. The van der Waals surface area contributed by atoms with Gasteiger partial charge in [0.1, 0.15) is 5.01 Å². The van der Waals surface area contributed by atoms with Gasteiger partial charge in [-0.1, -0.05) is 0 Å². The number of nitrogens with two attached hydrogens (primary N) is 1. The van der Waals surface area contributed by atoms with Crippen molar-refractivity contribution in [3.05, 3.63) is 16.6 Å². The zero-order valence-electron chi connectivity index (χ0n) is 9.97. The van der Waals surface area contributed by atoms with Gasteiger partial charge < -0.3 is 15.8 Å². The van der Waals surface area contributed by atoms with Crippen LogP contribution in [-0.2, 0) is 15.1 Å². The molecule has 2 unspecified atom stereocenters. The molecule has 1 saturated heterocycles. The van der Waals surface area contributed by atoms with Gasteiger partial charge in [0.2, 0.25) is 5.91 Å². The number of aromatic nitrogens is 1. The summed E-state index contributed by atoms with van der Waals surface area (Å²) in [5.41, 5.74) is 5.35. The van der Waals surface area contributed by atoms with Gasteiger partial charge in [-0.2, -0.15) is 0 Å². The van der Waals surface area contributed by atoms with Crippen molar-refractivity contribution in [1.82, 2.24) is 10.3 Å². The van der Waals surface area contributed by atoms with Crippen LogP contribution in [0.2, 0.25) is 0 Å². The second-order valence-corrected chi connectivity index (χ2v) is 5.65. The Balaban J connectivity index is 2.03. The molecule has 6 heteroatoms. The highest BCUT2D eigenvalue weighted by atomic mass is 32.1. The summed E-state index contributed by atoms with van der Waals surface area (Å²) in [6.07, 6.45) is 1.73. The maximum absolute atomic E-state index is 12.1. The largest absolute Gasteiger partial charge is 0.379 e. The Hall–Kier alpha value is -0.980. The summed E-state index contributed by atoms with van der Waals surface area (Å²) >= 11 is 1.53. The Morgan fingerprint density at radius 2 is 2.41 bits per heavy atom. The van der Waals surface area contributed by atoms with Crippen molar-refractivity contribution in [2.24, 2.45) is 11.7 Å². The minimum absolute atomic E-state index is 0.0600. The number of rotatable bonds is 3. The molecule has 1 aliphatic heterocycles. The van der Waals surface area contributed by atoms with Crippen molar-refractivity contribution in [2.45, 2.75) is 25.4 Å². The van der Waals surface area contributed by atoms with Crippen LogP contribution in [0.4, 0.5) is 0 Å². The Bertz CT molecular complexity index is 391. The summed E-state index contributed by atoms with van der Waals surface area (Å²) in [5, 5.41) is 5.76. The lowest BCUT2D eigenvalue weighted by molar-refractivity contribution is -0.127. The van der Waals surface area contributed by atoms with Gasteiger partial charge in [-0.3, -0.25) is 4.79 Å². The maximum Gasteiger partial charge on any atom is 0.227 e. The van der Waals surface area contributed by atoms with Crippen LogP contribution < -0.4 is 11.1 Å². The Morgan fingerprint density at radius 3 is 2.94 bits per heavy atom. The van der Waals surface area contributed by atoms with Crippen molar-refractivity contribution >= 4 is 17.2 Å². The van der Waals surface area contributed by atoms with Gasteiger partial charge >= 0.3 is 0 Å². The molecule has 0 radical (unpaired) electrons. The average molecular weight is 255 g/mol. The van der Waals surface area contributed by atoms with Crippen LogP contribution in [0.25, 0.3) is 0 Å². The number of hydrogen-bond donors (Lipinski definition) is 2. The molecule has 0 aliphatic carbocycles. The molecular weight excluding hydrogens is 238 g/mol. The van der Waals surface area contributed by atoms with E-state index in [1.54, 1.807) is 6.20 Å². The van der Waals surface area contributed by atoms with Crippen LogP contribution >= 0.6 is 11.3 Å². The molecule has 2 atom stereocenters. The monoisotopic (exact) mass is 255 g/mol. The van der Waals surface area contributed by atoms with Crippen molar-refractivity contribution in [3.8, 4) is 0 Å². The third-order valence-corrected chi connectivity index (χ3v) is 3.96. The summed E-state index contributed by atoms with van der Waals surface area (Å²) in [5.74, 6) is -0.315. The van der Waals surface area contributed by atoms with Crippen LogP contribution in [0, 0.1) is 5.92 Å². The fourth-order valence-electron chi connectivity index (χ4n) is 1.83. The molecule has 17 heavy (non-hydrogen) atoms. The van der Waals surface area contributed by atoms with Gasteiger partial charge in [-0.05, 0) is 13.8 Å². The van der Waals surface area contributed by atoms with E-state index < -0.39 is 5.54 Å². The van der Waals surface area contributed by atoms with Crippen LogP contribution in [0.3, 0.4) is 0 Å². The third kappa shape index (κ3) is 2.65. The molecular formula is C11H17N3O2S. The lowest BCUT2D eigenvalue weighted by atomic mass is 10.0. The summed E-state index contributed by atoms with van der Waals surface area (Å²) in [6, 6.07) is -0.206. The van der Waals surface area contributed by atoms with Gasteiger partial charge in [0.25, 0.3) is 0 Å². The third-order valence-electron chi connectivity index (χ3n) is 2.86. The first-order chi connectivity index (χ1) is 8.00. The predicted molar refractivity (Wildman–Crippen MR) is 65.6 cm³/mol. The number of ether oxygens (including phenoxy) is 1. The first kappa shape index (κ1) is 12.5. The van der Waals surface area contributed by atoms with Crippen LogP contribution in [0.1, 0.15) is 18.9 Å². The topological polar surface area (TPSA) is 77.2 Å². The fraction of sp³-hybridized carbons (Fsp3) is 0.636. The lowest BCUT2D eigenvalue weighted by Crippen LogP contribution is -2.48. The Morgan fingerprint density at radius 1 is 1.65 bits per heavy atom. The van der Waals surface area contributed by atoms with E-state index in [0.717, 1.165) is 5.01 Å². The van der Waals surface area contributed by atoms with Gasteiger partial charge in [0, 0.05) is 17.6 Å². The van der Waals surface area contributed by atoms with Crippen LogP contribution in [-0.4, -0.2) is 30.1 Å². The molecule has 2 heterocycles. The van der Waals surface area contributed by atoms with E-state index in [0.29, 0.717) is 13.2 Å². The molecule has 2 rings (SSSR count). The van der Waals surface area contributed by atoms with E-state index in [1.807, 2.05) is 19.2 Å². The number of carbonyl (C=O) groups is 1. The van der Waals surface area contributed by atoms with Crippen molar-refractivity contribution in [3.63, 3.8) is 0 Å². The molecule has 1 aromatic rings. The SMILES string of the molecule is CC(C)(NC(=O)C1COCC1N)c1nccs1. The zero-order valence-corrected chi connectivity index (χ0v) is 10.8. The molecule has 1 aromatic heterocycles. The smallest absolute Gasteiger partial charge is 0.227 e. The molecule has 94 valence electrons. The normalized spacial score (nSPS) is 24.9. The summed E-state index contributed by atoms with van der Waals surface area (Å²) < 4.78 is 5.20. The second kappa shape index (κ2) is 4.72. The van der Waals surface area contributed by atoms with Crippen molar-refractivity contribution in [1.29, 1.82) is 0 Å². The standard InChI is InChI=1S/C11H17N3O2S/c1-11(2,10-13-3-4-17-10)14-9(15)7-5-16-6-8(7)12/h3-4,7-8H,5-6,12H2,1-2H3,(H,14,15). The van der Waals surface area contributed by atoms with Gasteiger partial charge in [0.15, 0.2) is 0 Å². The molecule has 1 amide bonds. The minimum atomic E-state index is -0.465. The number of nitrogens with zero attached hydrogens (tertiary/aromatic N) is 1.